The molecule has 0 bridgehead atoms. The van der Waals surface area contributed by atoms with Gasteiger partial charge in [0, 0.05) is 23.1 Å². The summed E-state index contributed by atoms with van der Waals surface area (Å²) in [5, 5.41) is 22.6. The van der Waals surface area contributed by atoms with Crippen LogP contribution in [-0.4, -0.2) is 15.0 Å². The van der Waals surface area contributed by atoms with E-state index < -0.39 is 11.0 Å². The monoisotopic (exact) mass is 264 g/mol. The number of nitro groups is 1. The number of nitro benzene ring substituents is 1. The highest BCUT2D eigenvalue weighted by Gasteiger charge is 2.14. The summed E-state index contributed by atoms with van der Waals surface area (Å²) >= 11 is 1.37. The maximum atomic E-state index is 10.8. The van der Waals surface area contributed by atoms with Crippen LogP contribution >= 0.6 is 11.3 Å². The molecule has 94 valence electrons. The molecule has 1 aromatic heterocycles. The molecule has 0 fully saturated rings. The van der Waals surface area contributed by atoms with E-state index in [9.17, 15) is 15.2 Å². The van der Waals surface area contributed by atoms with Crippen LogP contribution in [-0.2, 0) is 0 Å². The molecule has 0 amide bonds. The molecular formula is C12H12N2O3S. The second kappa shape index (κ2) is 4.83. The summed E-state index contributed by atoms with van der Waals surface area (Å²) in [6.45, 7) is 3.52. The smallest absolute Gasteiger partial charge is 0.270 e. The first-order chi connectivity index (χ1) is 8.49. The number of nitrogens with zero attached hydrogens (tertiary/aromatic N) is 2. The van der Waals surface area contributed by atoms with E-state index in [1.165, 1.54) is 23.5 Å². The number of thiazole rings is 1. The number of aliphatic hydroxyl groups excluding tert-OH is 1. The number of non-ortho nitro benzene ring substituents is 1. The van der Waals surface area contributed by atoms with E-state index in [4.69, 9.17) is 0 Å². The number of aliphatic hydroxyl groups is 1. The number of aryl methyl sites for hydroxylation is 1. The first-order valence-electron chi connectivity index (χ1n) is 5.38. The van der Waals surface area contributed by atoms with Crippen molar-refractivity contribution in [3.05, 3.63) is 45.0 Å². The zero-order valence-corrected chi connectivity index (χ0v) is 10.8. The van der Waals surface area contributed by atoms with Gasteiger partial charge in [0.15, 0.2) is 0 Å². The lowest BCUT2D eigenvalue weighted by molar-refractivity contribution is -0.384. The van der Waals surface area contributed by atoms with E-state index in [1.807, 2.05) is 6.92 Å². The molecule has 1 unspecified atom stereocenters. The minimum atomic E-state index is -0.631. The molecule has 18 heavy (non-hydrogen) atoms. The molecule has 0 aliphatic rings. The number of aromatic nitrogens is 1. The fourth-order valence-corrected chi connectivity index (χ4v) is 2.54. The summed E-state index contributed by atoms with van der Waals surface area (Å²) in [4.78, 5) is 14.6. The first-order valence-corrected chi connectivity index (χ1v) is 6.26. The third kappa shape index (κ3) is 2.39. The Balaban J connectivity index is 2.48. The van der Waals surface area contributed by atoms with Crippen molar-refractivity contribution in [1.82, 2.24) is 4.98 Å². The Kier molecular flexibility index (Phi) is 3.40. The summed E-state index contributed by atoms with van der Waals surface area (Å²) in [7, 11) is 0. The highest BCUT2D eigenvalue weighted by atomic mass is 32.1. The molecule has 0 saturated carbocycles. The molecule has 5 nitrogen and oxygen atoms in total. The van der Waals surface area contributed by atoms with Crippen molar-refractivity contribution in [2.24, 2.45) is 0 Å². The molecule has 1 heterocycles. The SMILES string of the molecule is Cc1ccc([N+](=O)[O-])cc1-c1nc(C(C)O)cs1. The number of hydrogen-bond donors (Lipinski definition) is 1. The molecular weight excluding hydrogens is 252 g/mol. The molecule has 0 radical (unpaired) electrons. The number of hydrogen-bond acceptors (Lipinski definition) is 5. The molecule has 1 N–H and O–H groups in total. The van der Waals surface area contributed by atoms with Crippen molar-refractivity contribution in [2.75, 3.05) is 0 Å². The van der Waals surface area contributed by atoms with Crippen LogP contribution < -0.4 is 0 Å². The molecule has 0 spiro atoms. The van der Waals surface area contributed by atoms with Crippen LogP contribution in [0.2, 0.25) is 0 Å². The molecule has 6 heteroatoms. The van der Waals surface area contributed by atoms with Gasteiger partial charge in [-0.15, -0.1) is 11.3 Å². The van der Waals surface area contributed by atoms with Gasteiger partial charge in [-0.05, 0) is 19.4 Å². The van der Waals surface area contributed by atoms with Gasteiger partial charge < -0.3 is 5.11 Å². The molecule has 2 aromatic rings. The first kappa shape index (κ1) is 12.7. The van der Waals surface area contributed by atoms with E-state index >= 15 is 0 Å². The normalized spacial score (nSPS) is 12.4. The van der Waals surface area contributed by atoms with Gasteiger partial charge in [-0.3, -0.25) is 10.1 Å². The van der Waals surface area contributed by atoms with Crippen LogP contribution in [0.5, 0.6) is 0 Å². The van der Waals surface area contributed by atoms with E-state index in [2.05, 4.69) is 4.98 Å². The van der Waals surface area contributed by atoms with Crippen LogP contribution in [0.25, 0.3) is 10.6 Å². The van der Waals surface area contributed by atoms with Crippen molar-refractivity contribution < 1.29 is 10.0 Å². The highest BCUT2D eigenvalue weighted by molar-refractivity contribution is 7.13. The number of benzene rings is 1. The third-order valence-corrected chi connectivity index (χ3v) is 3.51. The second-order valence-corrected chi connectivity index (χ2v) is 4.87. The topological polar surface area (TPSA) is 76.3 Å². The fourth-order valence-electron chi connectivity index (χ4n) is 1.56. The van der Waals surface area contributed by atoms with E-state index in [0.717, 1.165) is 11.1 Å². The van der Waals surface area contributed by atoms with Crippen molar-refractivity contribution in [3.63, 3.8) is 0 Å². The lowest BCUT2D eigenvalue weighted by Crippen LogP contribution is -1.92. The zero-order chi connectivity index (χ0) is 13.3. The average molecular weight is 264 g/mol. The second-order valence-electron chi connectivity index (χ2n) is 4.01. The molecule has 0 aliphatic carbocycles. The summed E-state index contributed by atoms with van der Waals surface area (Å²) < 4.78 is 0. The lowest BCUT2D eigenvalue weighted by atomic mass is 10.1. The quantitative estimate of drug-likeness (QED) is 0.682. The Hall–Kier alpha value is -1.79. The molecule has 0 saturated heterocycles. The Morgan fingerprint density at radius 1 is 1.50 bits per heavy atom. The highest BCUT2D eigenvalue weighted by Crippen LogP contribution is 2.31. The predicted octanol–water partition coefficient (Wildman–Crippen LogP) is 3.08. The van der Waals surface area contributed by atoms with Crippen molar-refractivity contribution in [2.45, 2.75) is 20.0 Å². The van der Waals surface area contributed by atoms with Crippen molar-refractivity contribution >= 4 is 17.0 Å². The van der Waals surface area contributed by atoms with Gasteiger partial charge in [-0.25, -0.2) is 4.98 Å². The Labute approximate surface area is 108 Å². The molecule has 0 aliphatic heterocycles. The van der Waals surface area contributed by atoms with Gasteiger partial charge >= 0.3 is 0 Å². The van der Waals surface area contributed by atoms with Crippen LogP contribution in [0.4, 0.5) is 5.69 Å². The maximum absolute atomic E-state index is 10.8. The molecule has 2 rings (SSSR count). The Morgan fingerprint density at radius 2 is 2.22 bits per heavy atom. The fraction of sp³-hybridized carbons (Fsp3) is 0.250. The Bertz CT molecular complexity index is 593. The van der Waals surface area contributed by atoms with Gasteiger partial charge in [0.2, 0.25) is 0 Å². The van der Waals surface area contributed by atoms with Crippen LogP contribution in [0.15, 0.2) is 23.6 Å². The Morgan fingerprint density at radius 3 is 2.78 bits per heavy atom. The van der Waals surface area contributed by atoms with Crippen LogP contribution in [0.1, 0.15) is 24.3 Å². The van der Waals surface area contributed by atoms with Gasteiger partial charge in [0.05, 0.1) is 16.7 Å². The van der Waals surface area contributed by atoms with E-state index in [1.54, 1.807) is 18.4 Å². The third-order valence-electron chi connectivity index (χ3n) is 2.61. The van der Waals surface area contributed by atoms with Gasteiger partial charge in [-0.1, -0.05) is 6.07 Å². The summed E-state index contributed by atoms with van der Waals surface area (Å²) in [6.07, 6.45) is -0.631. The van der Waals surface area contributed by atoms with E-state index in [0.29, 0.717) is 10.7 Å². The average Bonchev–Trinajstić information content (AvgIpc) is 2.78. The summed E-state index contributed by atoms with van der Waals surface area (Å²) in [5.41, 5.74) is 2.29. The molecule has 1 aromatic carbocycles. The zero-order valence-electron chi connectivity index (χ0n) is 9.95. The van der Waals surface area contributed by atoms with Gasteiger partial charge in [0.1, 0.15) is 5.01 Å². The summed E-state index contributed by atoms with van der Waals surface area (Å²) in [6, 6.07) is 4.69. The lowest BCUT2D eigenvalue weighted by Gasteiger charge is -2.02. The largest absolute Gasteiger partial charge is 0.387 e. The van der Waals surface area contributed by atoms with Crippen LogP contribution in [0.3, 0.4) is 0 Å². The summed E-state index contributed by atoms with van der Waals surface area (Å²) in [5.74, 6) is 0. The van der Waals surface area contributed by atoms with E-state index in [-0.39, 0.29) is 5.69 Å². The minimum absolute atomic E-state index is 0.0457. The van der Waals surface area contributed by atoms with Gasteiger partial charge in [0.25, 0.3) is 5.69 Å². The van der Waals surface area contributed by atoms with Crippen molar-refractivity contribution in [3.8, 4) is 10.6 Å². The molecule has 1 atom stereocenters. The standard InChI is InChI=1S/C12H12N2O3S/c1-7-3-4-9(14(16)17)5-10(7)12-13-11(6-18-12)8(2)15/h3-6,8,15H,1-2H3. The number of rotatable bonds is 3. The van der Waals surface area contributed by atoms with Crippen molar-refractivity contribution in [1.29, 1.82) is 0 Å². The predicted molar refractivity (Wildman–Crippen MR) is 69.6 cm³/mol. The maximum Gasteiger partial charge on any atom is 0.270 e. The van der Waals surface area contributed by atoms with Gasteiger partial charge in [-0.2, -0.15) is 0 Å². The van der Waals surface area contributed by atoms with Crippen LogP contribution in [0, 0.1) is 17.0 Å². The minimum Gasteiger partial charge on any atom is -0.387 e.